The van der Waals surface area contributed by atoms with Gasteiger partial charge in [0.15, 0.2) is 5.78 Å². The van der Waals surface area contributed by atoms with Gasteiger partial charge in [-0.1, -0.05) is 60.7 Å². The number of likely N-dealkylation sites (tertiary alicyclic amines) is 1. The van der Waals surface area contributed by atoms with Crippen molar-refractivity contribution in [3.63, 3.8) is 0 Å². The summed E-state index contributed by atoms with van der Waals surface area (Å²) in [5.74, 6) is 0.408. The summed E-state index contributed by atoms with van der Waals surface area (Å²) in [4.78, 5) is 17.8. The zero-order valence-electron chi connectivity index (χ0n) is 15.1. The van der Waals surface area contributed by atoms with Crippen molar-refractivity contribution < 1.29 is 4.79 Å². The third kappa shape index (κ3) is 4.56. The van der Waals surface area contributed by atoms with Crippen LogP contribution in [0.25, 0.3) is 0 Å². The highest BCUT2D eigenvalue weighted by Crippen LogP contribution is 2.34. The van der Waals surface area contributed by atoms with E-state index in [1.54, 1.807) is 0 Å². The first-order chi connectivity index (χ1) is 12.1. The van der Waals surface area contributed by atoms with Crippen LogP contribution in [-0.2, 0) is 0 Å². The fourth-order valence-corrected chi connectivity index (χ4v) is 3.52. The van der Waals surface area contributed by atoms with Gasteiger partial charge in [0.2, 0.25) is 0 Å². The lowest BCUT2D eigenvalue weighted by Crippen LogP contribution is -2.45. The van der Waals surface area contributed by atoms with Gasteiger partial charge in [0.05, 0.1) is 0 Å². The number of hydrogen-bond acceptors (Lipinski definition) is 3. The zero-order chi connectivity index (χ0) is 17.6. The van der Waals surface area contributed by atoms with Crippen molar-refractivity contribution in [3.8, 4) is 0 Å². The van der Waals surface area contributed by atoms with Crippen molar-refractivity contribution in [1.29, 1.82) is 0 Å². The van der Waals surface area contributed by atoms with Gasteiger partial charge < -0.3 is 9.80 Å². The first-order valence-corrected chi connectivity index (χ1v) is 9.00. The number of rotatable bonds is 6. The molecule has 2 aromatic rings. The molecule has 0 aromatic heterocycles. The molecule has 3 rings (SSSR count). The van der Waals surface area contributed by atoms with Gasteiger partial charge in [-0.15, -0.1) is 0 Å². The number of Topliss-reactive ketones (excluding diaryl/α,β-unsaturated/α-hetero) is 1. The SMILES string of the molecule is CN(C)CCN1C[CH][C@H](c2ccccc2)[C@H](C(=O)c2ccccc2)C1. The van der Waals surface area contributed by atoms with Gasteiger partial charge >= 0.3 is 0 Å². The largest absolute Gasteiger partial charge is 0.308 e. The van der Waals surface area contributed by atoms with Gasteiger partial charge in [-0.05, 0) is 32.0 Å². The summed E-state index contributed by atoms with van der Waals surface area (Å²) in [6, 6.07) is 20.2. The van der Waals surface area contributed by atoms with E-state index in [2.05, 4.69) is 54.6 Å². The van der Waals surface area contributed by atoms with Crippen LogP contribution >= 0.6 is 0 Å². The summed E-state index contributed by atoms with van der Waals surface area (Å²) in [5, 5.41) is 0. The zero-order valence-corrected chi connectivity index (χ0v) is 15.1. The molecule has 131 valence electrons. The molecule has 0 unspecified atom stereocenters. The topological polar surface area (TPSA) is 23.6 Å². The lowest BCUT2D eigenvalue weighted by Gasteiger charge is -2.38. The number of ketones is 1. The van der Waals surface area contributed by atoms with Crippen molar-refractivity contribution >= 4 is 5.78 Å². The number of likely N-dealkylation sites (N-methyl/N-ethyl adjacent to an activating group) is 1. The van der Waals surface area contributed by atoms with Gasteiger partial charge in [0.1, 0.15) is 0 Å². The van der Waals surface area contributed by atoms with Crippen LogP contribution in [0.15, 0.2) is 60.7 Å². The molecular formula is C22H27N2O. The van der Waals surface area contributed by atoms with E-state index in [0.29, 0.717) is 0 Å². The number of carbonyl (C=O) groups excluding carboxylic acids is 1. The Morgan fingerprint density at radius 3 is 2.32 bits per heavy atom. The minimum atomic E-state index is -0.0271. The van der Waals surface area contributed by atoms with Crippen LogP contribution in [0.3, 0.4) is 0 Å². The van der Waals surface area contributed by atoms with E-state index in [4.69, 9.17) is 0 Å². The summed E-state index contributed by atoms with van der Waals surface area (Å²) < 4.78 is 0. The maximum Gasteiger partial charge on any atom is 0.167 e. The molecule has 0 spiro atoms. The quantitative estimate of drug-likeness (QED) is 0.757. The van der Waals surface area contributed by atoms with E-state index >= 15 is 0 Å². The molecule has 0 N–H and O–H groups in total. The highest BCUT2D eigenvalue weighted by atomic mass is 16.1. The van der Waals surface area contributed by atoms with Gasteiger partial charge in [-0.25, -0.2) is 0 Å². The first kappa shape index (κ1) is 17.8. The van der Waals surface area contributed by atoms with Crippen molar-refractivity contribution in [2.24, 2.45) is 5.92 Å². The molecule has 0 saturated carbocycles. The molecule has 1 saturated heterocycles. The molecule has 1 fully saturated rings. The molecule has 2 aromatic carbocycles. The number of benzene rings is 2. The molecule has 1 radical (unpaired) electrons. The van der Waals surface area contributed by atoms with E-state index < -0.39 is 0 Å². The van der Waals surface area contributed by atoms with Gasteiger partial charge in [-0.3, -0.25) is 4.79 Å². The van der Waals surface area contributed by atoms with Crippen LogP contribution in [0.4, 0.5) is 0 Å². The van der Waals surface area contributed by atoms with Crippen molar-refractivity contribution in [1.82, 2.24) is 9.80 Å². The summed E-state index contributed by atoms with van der Waals surface area (Å²) in [6.45, 7) is 3.75. The van der Waals surface area contributed by atoms with Crippen LogP contribution in [-0.4, -0.2) is 55.9 Å². The second-order valence-corrected chi connectivity index (χ2v) is 7.07. The third-order valence-electron chi connectivity index (χ3n) is 4.95. The molecule has 1 heterocycles. The van der Waals surface area contributed by atoms with Crippen LogP contribution in [0.2, 0.25) is 0 Å². The summed E-state index contributed by atoms with van der Waals surface area (Å²) >= 11 is 0. The number of carbonyl (C=O) groups is 1. The normalized spacial score (nSPS) is 21.4. The maximum absolute atomic E-state index is 13.2. The molecule has 0 amide bonds. The highest BCUT2D eigenvalue weighted by molar-refractivity contribution is 5.98. The monoisotopic (exact) mass is 335 g/mol. The highest BCUT2D eigenvalue weighted by Gasteiger charge is 2.35. The average Bonchev–Trinajstić information content (AvgIpc) is 2.67. The molecule has 1 aliphatic rings. The Morgan fingerprint density at radius 2 is 1.68 bits per heavy atom. The van der Waals surface area contributed by atoms with Crippen LogP contribution in [0.1, 0.15) is 21.8 Å². The van der Waals surface area contributed by atoms with E-state index in [1.165, 1.54) is 5.56 Å². The summed E-state index contributed by atoms with van der Waals surface area (Å²) in [7, 11) is 4.18. The van der Waals surface area contributed by atoms with Crippen molar-refractivity contribution in [2.75, 3.05) is 40.3 Å². The van der Waals surface area contributed by atoms with E-state index in [1.807, 2.05) is 36.4 Å². The third-order valence-corrected chi connectivity index (χ3v) is 4.95. The fourth-order valence-electron chi connectivity index (χ4n) is 3.52. The molecule has 25 heavy (non-hydrogen) atoms. The van der Waals surface area contributed by atoms with E-state index in [0.717, 1.165) is 31.7 Å². The number of nitrogens with zero attached hydrogens (tertiary/aromatic N) is 2. The Hall–Kier alpha value is -1.97. The maximum atomic E-state index is 13.2. The van der Waals surface area contributed by atoms with Crippen LogP contribution in [0.5, 0.6) is 0 Å². The fraction of sp³-hybridized carbons (Fsp3) is 0.364. The van der Waals surface area contributed by atoms with E-state index in [9.17, 15) is 4.79 Å². The van der Waals surface area contributed by atoms with Gasteiger partial charge in [0.25, 0.3) is 0 Å². The van der Waals surface area contributed by atoms with Crippen molar-refractivity contribution in [2.45, 2.75) is 5.92 Å². The summed E-state index contributed by atoms with van der Waals surface area (Å²) in [6.07, 6.45) is 2.32. The van der Waals surface area contributed by atoms with Crippen LogP contribution < -0.4 is 0 Å². The van der Waals surface area contributed by atoms with Gasteiger partial charge in [0, 0.05) is 37.7 Å². The lowest BCUT2D eigenvalue weighted by molar-refractivity contribution is 0.0823. The second kappa shape index (κ2) is 8.41. The van der Waals surface area contributed by atoms with Crippen molar-refractivity contribution in [3.05, 3.63) is 78.2 Å². The smallest absolute Gasteiger partial charge is 0.167 e. The Labute approximate surface area is 151 Å². The van der Waals surface area contributed by atoms with E-state index in [-0.39, 0.29) is 17.6 Å². The average molecular weight is 335 g/mol. The predicted molar refractivity (Wildman–Crippen MR) is 103 cm³/mol. The Bertz CT molecular complexity index is 669. The molecule has 0 bridgehead atoms. The number of hydrogen-bond donors (Lipinski definition) is 0. The molecular weight excluding hydrogens is 308 g/mol. The second-order valence-electron chi connectivity index (χ2n) is 7.07. The predicted octanol–water partition coefficient (Wildman–Crippen LogP) is 3.35. The molecule has 3 nitrogen and oxygen atoms in total. The minimum absolute atomic E-state index is 0.0271. The Balaban J connectivity index is 1.82. The number of piperidine rings is 1. The molecule has 2 atom stereocenters. The first-order valence-electron chi connectivity index (χ1n) is 9.00. The Morgan fingerprint density at radius 1 is 1.04 bits per heavy atom. The Kier molecular flexibility index (Phi) is 6.00. The van der Waals surface area contributed by atoms with Gasteiger partial charge in [-0.2, -0.15) is 0 Å². The lowest BCUT2D eigenvalue weighted by atomic mass is 9.76. The van der Waals surface area contributed by atoms with Crippen LogP contribution in [0, 0.1) is 12.3 Å². The molecule has 1 aliphatic heterocycles. The minimum Gasteiger partial charge on any atom is -0.308 e. The summed E-state index contributed by atoms with van der Waals surface area (Å²) in [5.41, 5.74) is 2.06. The standard InChI is InChI=1S/C22H27N2O/c1-23(2)15-16-24-14-13-20(18-9-5-3-6-10-18)21(17-24)22(25)19-11-7-4-8-12-19/h3-13,20-21H,14-17H2,1-2H3/t20-,21-/m1/s1. The molecule has 3 heteroatoms. The molecule has 0 aliphatic carbocycles.